The van der Waals surface area contributed by atoms with Crippen LogP contribution in [-0.4, -0.2) is 49.2 Å². The van der Waals surface area contributed by atoms with Crippen molar-refractivity contribution in [2.24, 2.45) is 10.7 Å². The normalized spacial score (nSPS) is 15.9. The molecule has 1 fully saturated rings. The maximum atomic E-state index is 14.0. The first-order valence-corrected chi connectivity index (χ1v) is 9.06. The Balaban J connectivity index is 0.00000364. The highest BCUT2D eigenvalue weighted by Crippen LogP contribution is 2.25. The molecule has 0 atom stereocenters. The van der Waals surface area contributed by atoms with E-state index in [4.69, 9.17) is 10.5 Å². The highest BCUT2D eigenvalue weighted by molar-refractivity contribution is 14.0. The Morgan fingerprint density at radius 2 is 2.00 bits per heavy atom. The van der Waals surface area contributed by atoms with Crippen LogP contribution < -0.4 is 11.1 Å². The molecule has 0 saturated carbocycles. The Labute approximate surface area is 177 Å². The Morgan fingerprint density at radius 1 is 1.37 bits per heavy atom. The first-order chi connectivity index (χ1) is 12.3. The molecule has 0 bridgehead atoms. The number of halogens is 2. The van der Waals surface area contributed by atoms with E-state index in [-0.39, 0.29) is 41.9 Å². The van der Waals surface area contributed by atoms with Gasteiger partial charge in [-0.15, -0.1) is 24.0 Å². The van der Waals surface area contributed by atoms with E-state index in [1.807, 2.05) is 19.9 Å². The van der Waals surface area contributed by atoms with Gasteiger partial charge in [0, 0.05) is 24.5 Å². The van der Waals surface area contributed by atoms with E-state index < -0.39 is 5.41 Å². The zero-order valence-corrected chi connectivity index (χ0v) is 18.5. The number of nitrogens with zero attached hydrogens (tertiary/aromatic N) is 2. The summed E-state index contributed by atoms with van der Waals surface area (Å²) in [7, 11) is 0. The van der Waals surface area contributed by atoms with Crippen LogP contribution in [0.2, 0.25) is 0 Å². The lowest BCUT2D eigenvalue weighted by atomic mass is 9.84. The predicted octanol–water partition coefficient (Wildman–Crippen LogP) is 3.25. The van der Waals surface area contributed by atoms with Crippen molar-refractivity contribution >= 4 is 36.0 Å². The molecule has 0 spiro atoms. The molecule has 152 valence electrons. The lowest BCUT2D eigenvalue weighted by Crippen LogP contribution is -2.48. The van der Waals surface area contributed by atoms with Crippen molar-refractivity contribution in [1.82, 2.24) is 10.2 Å². The largest absolute Gasteiger partial charge is 0.450 e. The molecule has 1 saturated heterocycles. The van der Waals surface area contributed by atoms with Crippen molar-refractivity contribution in [3.8, 4) is 0 Å². The van der Waals surface area contributed by atoms with E-state index in [9.17, 15) is 9.18 Å². The average Bonchev–Trinajstić information content (AvgIpc) is 2.61. The zero-order chi connectivity index (χ0) is 19.2. The van der Waals surface area contributed by atoms with Crippen molar-refractivity contribution in [3.05, 3.63) is 35.6 Å². The van der Waals surface area contributed by atoms with E-state index in [0.717, 1.165) is 12.8 Å². The molecule has 2 rings (SSSR count). The summed E-state index contributed by atoms with van der Waals surface area (Å²) in [5, 5.41) is 3.20. The maximum Gasteiger partial charge on any atom is 0.409 e. The number of rotatable bonds is 5. The van der Waals surface area contributed by atoms with Gasteiger partial charge in [-0.05, 0) is 31.4 Å². The fourth-order valence-corrected chi connectivity index (χ4v) is 3.05. The Kier molecular flexibility index (Phi) is 9.28. The molecule has 0 radical (unpaired) electrons. The minimum Gasteiger partial charge on any atom is -0.450 e. The molecule has 8 heteroatoms. The third-order valence-electron chi connectivity index (χ3n) is 4.62. The topological polar surface area (TPSA) is 80.0 Å². The van der Waals surface area contributed by atoms with Gasteiger partial charge < -0.3 is 20.7 Å². The van der Waals surface area contributed by atoms with Gasteiger partial charge in [-0.25, -0.2) is 9.18 Å². The van der Waals surface area contributed by atoms with Crippen LogP contribution in [0.4, 0.5) is 9.18 Å². The van der Waals surface area contributed by atoms with Crippen LogP contribution in [0.15, 0.2) is 29.3 Å². The number of aliphatic imine (C=N–C) groups is 1. The molecular formula is C19H30FIN4O2. The Morgan fingerprint density at radius 3 is 2.59 bits per heavy atom. The molecule has 1 aromatic carbocycles. The smallest absolute Gasteiger partial charge is 0.409 e. The number of carbonyl (C=O) groups is 1. The van der Waals surface area contributed by atoms with E-state index in [1.165, 1.54) is 6.07 Å². The third kappa shape index (κ3) is 6.82. The lowest BCUT2D eigenvalue weighted by Gasteiger charge is -2.32. The Hall–Kier alpha value is -1.58. The number of nitrogens with two attached hydrogens (primary N) is 1. The molecular weight excluding hydrogens is 462 g/mol. The fourth-order valence-electron chi connectivity index (χ4n) is 3.05. The van der Waals surface area contributed by atoms with Crippen LogP contribution >= 0.6 is 24.0 Å². The monoisotopic (exact) mass is 492 g/mol. The summed E-state index contributed by atoms with van der Waals surface area (Å²) in [6, 6.07) is 6.90. The molecule has 27 heavy (non-hydrogen) atoms. The Bertz CT molecular complexity index is 646. The van der Waals surface area contributed by atoms with Gasteiger partial charge in [0.2, 0.25) is 0 Å². The van der Waals surface area contributed by atoms with E-state index >= 15 is 0 Å². The molecule has 0 aromatic heterocycles. The van der Waals surface area contributed by atoms with Crippen molar-refractivity contribution < 1.29 is 13.9 Å². The van der Waals surface area contributed by atoms with Crippen LogP contribution in [0.5, 0.6) is 0 Å². The average molecular weight is 492 g/mol. The highest BCUT2D eigenvalue weighted by atomic mass is 127. The standard InChI is InChI=1S/C19H29FN4O2.HI/c1-4-26-18(25)24-11-9-14(10-12-24)23-17(21)22-13-19(2,3)15-7-5-6-8-16(15)20;/h5-8,14H,4,9-13H2,1-3H3,(H3,21,22,23);1H. The van der Waals surface area contributed by atoms with Gasteiger partial charge in [-0.3, -0.25) is 4.99 Å². The summed E-state index contributed by atoms with van der Waals surface area (Å²) in [4.78, 5) is 17.8. The lowest BCUT2D eigenvalue weighted by molar-refractivity contribution is 0.0963. The maximum absolute atomic E-state index is 14.0. The van der Waals surface area contributed by atoms with Gasteiger partial charge in [0.1, 0.15) is 5.82 Å². The van der Waals surface area contributed by atoms with Gasteiger partial charge in [0.05, 0.1) is 13.2 Å². The van der Waals surface area contributed by atoms with Crippen LogP contribution in [0.3, 0.4) is 0 Å². The zero-order valence-electron chi connectivity index (χ0n) is 16.2. The second kappa shape index (κ2) is 10.7. The number of nitrogens with one attached hydrogen (secondary N) is 1. The molecule has 0 aliphatic carbocycles. The second-order valence-corrected chi connectivity index (χ2v) is 7.17. The third-order valence-corrected chi connectivity index (χ3v) is 4.62. The first kappa shape index (κ1) is 23.5. The number of amides is 1. The number of guanidine groups is 1. The minimum absolute atomic E-state index is 0. The van der Waals surface area contributed by atoms with Crippen molar-refractivity contribution in [2.75, 3.05) is 26.2 Å². The van der Waals surface area contributed by atoms with Crippen LogP contribution in [0.1, 0.15) is 39.2 Å². The van der Waals surface area contributed by atoms with Crippen molar-refractivity contribution in [2.45, 2.75) is 45.1 Å². The summed E-state index contributed by atoms with van der Waals surface area (Å²) >= 11 is 0. The van der Waals surface area contributed by atoms with Gasteiger partial charge in [0.15, 0.2) is 5.96 Å². The SMILES string of the molecule is CCOC(=O)N1CCC(NC(N)=NCC(C)(C)c2ccccc2F)CC1.I. The summed E-state index contributed by atoms with van der Waals surface area (Å²) in [5.41, 5.74) is 6.18. The fraction of sp³-hybridized carbons (Fsp3) is 0.579. The molecule has 6 nitrogen and oxygen atoms in total. The van der Waals surface area contributed by atoms with E-state index in [0.29, 0.717) is 37.8 Å². The van der Waals surface area contributed by atoms with E-state index in [1.54, 1.807) is 24.0 Å². The quantitative estimate of drug-likeness (QED) is 0.376. The number of hydrogen-bond acceptors (Lipinski definition) is 3. The van der Waals surface area contributed by atoms with Gasteiger partial charge in [-0.1, -0.05) is 32.0 Å². The van der Waals surface area contributed by atoms with Crippen LogP contribution in [0, 0.1) is 5.82 Å². The number of ether oxygens (including phenoxy) is 1. The molecule has 1 heterocycles. The summed E-state index contributed by atoms with van der Waals surface area (Å²) in [6.45, 7) is 7.71. The molecule has 0 unspecified atom stereocenters. The van der Waals surface area contributed by atoms with Crippen LogP contribution in [-0.2, 0) is 10.2 Å². The number of piperidine rings is 1. The second-order valence-electron chi connectivity index (χ2n) is 7.17. The summed E-state index contributed by atoms with van der Waals surface area (Å²) < 4.78 is 19.0. The molecule has 1 aliphatic rings. The van der Waals surface area contributed by atoms with Gasteiger partial charge >= 0.3 is 6.09 Å². The summed E-state index contributed by atoms with van der Waals surface area (Å²) in [5.74, 6) is 0.120. The minimum atomic E-state index is -0.453. The van der Waals surface area contributed by atoms with Gasteiger partial charge in [0.25, 0.3) is 0 Å². The van der Waals surface area contributed by atoms with E-state index in [2.05, 4.69) is 10.3 Å². The van der Waals surface area contributed by atoms with Crippen molar-refractivity contribution in [1.29, 1.82) is 0 Å². The molecule has 1 amide bonds. The highest BCUT2D eigenvalue weighted by Gasteiger charge is 2.25. The number of hydrogen-bond donors (Lipinski definition) is 2. The van der Waals surface area contributed by atoms with Crippen LogP contribution in [0.25, 0.3) is 0 Å². The van der Waals surface area contributed by atoms with Crippen molar-refractivity contribution in [3.63, 3.8) is 0 Å². The number of carbonyl (C=O) groups excluding carboxylic acids is 1. The number of likely N-dealkylation sites (tertiary alicyclic amines) is 1. The first-order valence-electron chi connectivity index (χ1n) is 9.06. The predicted molar refractivity (Wildman–Crippen MR) is 116 cm³/mol. The molecule has 1 aromatic rings. The van der Waals surface area contributed by atoms with Gasteiger partial charge in [-0.2, -0.15) is 0 Å². The molecule has 3 N–H and O–H groups in total. The molecule has 1 aliphatic heterocycles. The number of benzene rings is 1. The summed E-state index contributed by atoms with van der Waals surface area (Å²) in [6.07, 6.45) is 1.30.